The molecule has 0 fully saturated rings. The zero-order chi connectivity index (χ0) is 16.1. The van der Waals surface area contributed by atoms with Gasteiger partial charge in [0, 0.05) is 25.9 Å². The zero-order valence-corrected chi connectivity index (χ0v) is 12.3. The predicted octanol–water partition coefficient (Wildman–Crippen LogP) is 0.0995. The molecule has 0 atom stereocenters. The average molecular weight is 297 g/mol. The van der Waals surface area contributed by atoms with Crippen molar-refractivity contribution in [3.8, 4) is 0 Å². The van der Waals surface area contributed by atoms with E-state index in [2.05, 4.69) is 5.32 Å². The number of rotatable bonds is 11. The normalized spacial score (nSPS) is 10.3. The van der Waals surface area contributed by atoms with E-state index in [0.29, 0.717) is 32.2 Å². The first-order valence-electron chi connectivity index (χ1n) is 6.94. The molecule has 0 aliphatic heterocycles. The quantitative estimate of drug-likeness (QED) is 0.320. The second-order valence-electron chi connectivity index (χ2n) is 4.51. The second kappa shape index (κ2) is 11.6. The molecule has 0 saturated heterocycles. The van der Waals surface area contributed by atoms with Gasteiger partial charge in [-0.1, -0.05) is 12.5 Å². The molecule has 4 amide bonds. The van der Waals surface area contributed by atoms with E-state index in [4.69, 9.17) is 5.73 Å². The highest BCUT2D eigenvalue weighted by Crippen LogP contribution is 2.02. The fourth-order valence-electron chi connectivity index (χ4n) is 1.61. The third-order valence-corrected chi connectivity index (χ3v) is 2.72. The minimum absolute atomic E-state index is 0.131. The van der Waals surface area contributed by atoms with E-state index in [9.17, 15) is 19.2 Å². The van der Waals surface area contributed by atoms with Crippen molar-refractivity contribution in [1.82, 2.24) is 10.2 Å². The molecule has 0 aromatic rings. The molecular formula is C14H23N3O4. The highest BCUT2D eigenvalue weighted by atomic mass is 16.2. The molecule has 0 unspecified atom stereocenters. The second-order valence-corrected chi connectivity index (χ2v) is 4.51. The van der Waals surface area contributed by atoms with E-state index in [1.54, 1.807) is 13.0 Å². The Morgan fingerprint density at radius 2 is 1.86 bits per heavy atom. The number of primary amides is 1. The molecule has 7 nitrogen and oxygen atoms in total. The lowest BCUT2D eigenvalue weighted by Gasteiger charge is -2.12. The van der Waals surface area contributed by atoms with Crippen LogP contribution < -0.4 is 11.1 Å². The summed E-state index contributed by atoms with van der Waals surface area (Å²) >= 11 is 0. The van der Waals surface area contributed by atoms with Crippen LogP contribution >= 0.6 is 0 Å². The molecule has 0 aromatic heterocycles. The first-order valence-corrected chi connectivity index (χ1v) is 6.94. The Balaban J connectivity index is 3.70. The molecule has 118 valence electrons. The summed E-state index contributed by atoms with van der Waals surface area (Å²) in [5, 5.41) is 2.59. The molecule has 0 aliphatic carbocycles. The highest BCUT2D eigenvalue weighted by Gasteiger charge is 2.08. The van der Waals surface area contributed by atoms with Crippen LogP contribution in [0, 0.1) is 0 Å². The maximum absolute atomic E-state index is 11.4. The van der Waals surface area contributed by atoms with Crippen molar-refractivity contribution in [2.24, 2.45) is 5.73 Å². The van der Waals surface area contributed by atoms with Gasteiger partial charge in [-0.25, -0.2) is 0 Å². The molecular weight excluding hydrogens is 274 g/mol. The molecule has 0 spiro atoms. The Labute approximate surface area is 124 Å². The number of nitrogens with one attached hydrogen (secondary N) is 1. The number of amides is 4. The first-order chi connectivity index (χ1) is 10.0. The number of hydrogen-bond donors (Lipinski definition) is 2. The summed E-state index contributed by atoms with van der Waals surface area (Å²) in [4.78, 5) is 45.1. The van der Waals surface area contributed by atoms with Gasteiger partial charge in [0.1, 0.15) is 0 Å². The Bertz CT molecular complexity index is 394. The van der Waals surface area contributed by atoms with Crippen LogP contribution in [0.1, 0.15) is 39.0 Å². The van der Waals surface area contributed by atoms with Crippen molar-refractivity contribution >= 4 is 24.1 Å². The molecule has 7 heteroatoms. The van der Waals surface area contributed by atoms with Gasteiger partial charge in [0.15, 0.2) is 0 Å². The number of hydrogen-bond acceptors (Lipinski definition) is 4. The molecule has 0 bridgehead atoms. The smallest absolute Gasteiger partial charge is 0.252 e. The number of carbonyl (C=O) groups is 4. The lowest BCUT2D eigenvalue weighted by Crippen LogP contribution is -2.29. The molecule has 0 heterocycles. The molecule has 0 saturated carbocycles. The molecule has 0 radical (unpaired) electrons. The van der Waals surface area contributed by atoms with Gasteiger partial charge in [-0.2, -0.15) is 0 Å². The summed E-state index contributed by atoms with van der Waals surface area (Å²) in [6.45, 7) is 2.30. The van der Waals surface area contributed by atoms with E-state index < -0.39 is 5.91 Å². The Kier molecular flexibility index (Phi) is 10.4. The van der Waals surface area contributed by atoms with Crippen LogP contribution in [-0.2, 0) is 19.2 Å². The molecule has 3 N–H and O–H groups in total. The molecule has 0 aromatic carbocycles. The molecule has 0 rings (SSSR count). The van der Waals surface area contributed by atoms with Gasteiger partial charge in [0.25, 0.3) is 5.91 Å². The summed E-state index contributed by atoms with van der Waals surface area (Å²) in [7, 11) is 0. The van der Waals surface area contributed by atoms with Crippen molar-refractivity contribution in [3.63, 3.8) is 0 Å². The lowest BCUT2D eigenvalue weighted by molar-refractivity contribution is -0.134. The van der Waals surface area contributed by atoms with Crippen molar-refractivity contribution in [1.29, 1.82) is 0 Å². The van der Waals surface area contributed by atoms with Crippen molar-refractivity contribution in [2.45, 2.75) is 39.0 Å². The molecule has 21 heavy (non-hydrogen) atoms. The van der Waals surface area contributed by atoms with Gasteiger partial charge in [-0.3, -0.25) is 24.1 Å². The highest BCUT2D eigenvalue weighted by molar-refractivity contribution is 5.94. The Hall–Kier alpha value is -2.18. The van der Waals surface area contributed by atoms with Gasteiger partial charge in [0.2, 0.25) is 18.2 Å². The average Bonchev–Trinajstić information content (AvgIpc) is 2.42. The Morgan fingerprint density at radius 3 is 2.43 bits per heavy atom. The number of carbonyl (C=O) groups excluding carboxylic acids is 4. The fraction of sp³-hybridized carbons (Fsp3) is 0.571. The van der Waals surface area contributed by atoms with Crippen molar-refractivity contribution < 1.29 is 19.2 Å². The number of unbranched alkanes of at least 4 members (excludes halogenated alkanes) is 2. The van der Waals surface area contributed by atoms with Crippen molar-refractivity contribution in [2.75, 3.05) is 13.1 Å². The maximum atomic E-state index is 11.4. The first kappa shape index (κ1) is 18.8. The third-order valence-electron chi connectivity index (χ3n) is 2.72. The van der Waals surface area contributed by atoms with E-state index in [1.165, 1.54) is 6.08 Å². The minimum Gasteiger partial charge on any atom is -0.370 e. The topological polar surface area (TPSA) is 110 Å². The SMILES string of the molecule is C/C=C\C(=O)N(C=O)CCCCCC(=O)NCCC(N)=O. The van der Waals surface area contributed by atoms with Crippen LogP contribution in [0.2, 0.25) is 0 Å². The number of allylic oxidation sites excluding steroid dienone is 1. The molecule has 0 aliphatic rings. The number of imide groups is 1. The predicted molar refractivity (Wildman–Crippen MR) is 77.9 cm³/mol. The van der Waals surface area contributed by atoms with Crippen LogP contribution in [0.5, 0.6) is 0 Å². The zero-order valence-electron chi connectivity index (χ0n) is 12.3. The van der Waals surface area contributed by atoms with E-state index >= 15 is 0 Å². The van der Waals surface area contributed by atoms with Gasteiger partial charge < -0.3 is 11.1 Å². The standard InChI is InChI=1S/C14H23N3O4/c1-2-6-14(21)17(11-18)10-5-3-4-7-13(20)16-9-8-12(15)19/h2,6,11H,3-5,7-10H2,1H3,(H2,15,19)(H,16,20)/b6-2-. The fourth-order valence-corrected chi connectivity index (χ4v) is 1.61. The van der Waals surface area contributed by atoms with Crippen LogP contribution in [0.3, 0.4) is 0 Å². The summed E-state index contributed by atoms with van der Waals surface area (Å²) in [5.41, 5.74) is 4.95. The minimum atomic E-state index is -0.449. The van der Waals surface area contributed by atoms with Crippen LogP contribution in [0.25, 0.3) is 0 Å². The third kappa shape index (κ3) is 10.3. The van der Waals surface area contributed by atoms with Gasteiger partial charge >= 0.3 is 0 Å². The van der Waals surface area contributed by atoms with E-state index in [1.807, 2.05) is 0 Å². The van der Waals surface area contributed by atoms with Crippen LogP contribution in [0.15, 0.2) is 12.2 Å². The number of nitrogens with zero attached hydrogens (tertiary/aromatic N) is 1. The lowest BCUT2D eigenvalue weighted by atomic mass is 10.2. The van der Waals surface area contributed by atoms with Gasteiger partial charge in [0.05, 0.1) is 0 Å². The van der Waals surface area contributed by atoms with E-state index in [-0.39, 0.29) is 24.8 Å². The van der Waals surface area contributed by atoms with Crippen LogP contribution in [-0.4, -0.2) is 42.1 Å². The summed E-state index contributed by atoms with van der Waals surface area (Å²) in [6.07, 6.45) is 5.95. The number of nitrogens with two attached hydrogens (primary N) is 1. The summed E-state index contributed by atoms with van der Waals surface area (Å²) in [5.74, 6) is -0.916. The largest absolute Gasteiger partial charge is 0.370 e. The summed E-state index contributed by atoms with van der Waals surface area (Å²) < 4.78 is 0. The van der Waals surface area contributed by atoms with Crippen molar-refractivity contribution in [3.05, 3.63) is 12.2 Å². The van der Waals surface area contributed by atoms with Gasteiger partial charge in [-0.15, -0.1) is 0 Å². The monoisotopic (exact) mass is 297 g/mol. The summed E-state index contributed by atoms with van der Waals surface area (Å²) in [6, 6.07) is 0. The van der Waals surface area contributed by atoms with Crippen LogP contribution in [0.4, 0.5) is 0 Å². The van der Waals surface area contributed by atoms with E-state index in [0.717, 1.165) is 11.3 Å². The Morgan fingerprint density at radius 1 is 1.14 bits per heavy atom. The maximum Gasteiger partial charge on any atom is 0.252 e. The van der Waals surface area contributed by atoms with Gasteiger partial charge in [-0.05, 0) is 25.8 Å².